The molecule has 2 amide bonds. The summed E-state index contributed by atoms with van der Waals surface area (Å²) < 4.78 is 27.6. The van der Waals surface area contributed by atoms with Crippen LogP contribution in [-0.4, -0.2) is 38.1 Å². The first-order valence-corrected chi connectivity index (χ1v) is 12.0. The Kier molecular flexibility index (Phi) is 7.15. The molecule has 12 heteroatoms. The molecule has 0 atom stereocenters. The Balaban J connectivity index is 1.25. The standard InChI is InChI=1S/C27H19ClF2N6O3/c28-24-11-20(27(39)36(35-24)13-16-4-6-21(29)22(30)8-16)25(37)32-7-1-2-15-3-5-18-19(10-17-12-31-14-33-17)26(38)34-23(18)9-15/h1-6,8-12,14H,7,13H2,(H,31,33)(H,32,37)(H,34,38)/b2-1+,19-10?. The van der Waals surface area contributed by atoms with Gasteiger partial charge in [-0.15, -0.1) is 0 Å². The number of halogens is 3. The maximum atomic E-state index is 13.5. The summed E-state index contributed by atoms with van der Waals surface area (Å²) >= 11 is 6.00. The van der Waals surface area contributed by atoms with Gasteiger partial charge in [0.05, 0.1) is 30.3 Å². The molecular weight excluding hydrogens is 530 g/mol. The van der Waals surface area contributed by atoms with Crippen LogP contribution in [0.2, 0.25) is 5.15 Å². The Morgan fingerprint density at radius 3 is 2.72 bits per heavy atom. The van der Waals surface area contributed by atoms with Crippen LogP contribution >= 0.6 is 11.6 Å². The van der Waals surface area contributed by atoms with Crippen molar-refractivity contribution < 1.29 is 18.4 Å². The fourth-order valence-corrected chi connectivity index (χ4v) is 4.19. The van der Waals surface area contributed by atoms with Crippen molar-refractivity contribution >= 4 is 46.8 Å². The van der Waals surface area contributed by atoms with E-state index in [-0.39, 0.29) is 35.3 Å². The lowest BCUT2D eigenvalue weighted by Gasteiger charge is -2.09. The van der Waals surface area contributed by atoms with Gasteiger partial charge in [-0.05, 0) is 41.5 Å². The first-order valence-electron chi connectivity index (χ1n) is 11.6. The Bertz CT molecular complexity index is 1710. The SMILES string of the molecule is O=C1Nc2cc(/C=C/CNC(=O)c3cc(Cl)nn(Cc4ccc(F)c(F)c4)c3=O)ccc2C1=Cc1cnc[nH]1. The summed E-state index contributed by atoms with van der Waals surface area (Å²) in [6.45, 7) is -0.111. The number of nitrogens with zero attached hydrogens (tertiary/aromatic N) is 3. The number of fused-ring (bicyclic) bond motifs is 1. The second-order valence-electron chi connectivity index (χ2n) is 8.53. The monoisotopic (exact) mass is 548 g/mol. The number of amides is 2. The molecule has 0 radical (unpaired) electrons. The predicted octanol–water partition coefficient (Wildman–Crippen LogP) is 3.88. The fraction of sp³-hybridized carbons (Fsp3) is 0.0741. The lowest BCUT2D eigenvalue weighted by atomic mass is 10.0. The van der Waals surface area contributed by atoms with Gasteiger partial charge in [-0.1, -0.05) is 42.0 Å². The molecule has 39 heavy (non-hydrogen) atoms. The van der Waals surface area contributed by atoms with E-state index in [4.69, 9.17) is 11.6 Å². The number of anilines is 1. The van der Waals surface area contributed by atoms with Crippen LogP contribution < -0.4 is 16.2 Å². The molecule has 2 aromatic heterocycles. The molecule has 0 fully saturated rings. The van der Waals surface area contributed by atoms with Gasteiger partial charge < -0.3 is 15.6 Å². The average Bonchev–Trinajstić information content (AvgIpc) is 3.53. The van der Waals surface area contributed by atoms with Gasteiger partial charge in [-0.3, -0.25) is 14.4 Å². The van der Waals surface area contributed by atoms with E-state index < -0.39 is 23.1 Å². The van der Waals surface area contributed by atoms with Crippen molar-refractivity contribution in [1.29, 1.82) is 0 Å². The topological polar surface area (TPSA) is 122 Å². The van der Waals surface area contributed by atoms with Crippen LogP contribution in [0.3, 0.4) is 0 Å². The van der Waals surface area contributed by atoms with Crippen molar-refractivity contribution in [1.82, 2.24) is 25.1 Å². The first kappa shape index (κ1) is 25.7. The third-order valence-corrected chi connectivity index (χ3v) is 6.03. The summed E-state index contributed by atoms with van der Waals surface area (Å²) in [4.78, 5) is 44.7. The molecule has 0 saturated heterocycles. The molecule has 3 N–H and O–H groups in total. The third kappa shape index (κ3) is 5.68. The molecular formula is C27H19ClF2N6O3. The van der Waals surface area contributed by atoms with Crippen LogP contribution in [0, 0.1) is 11.6 Å². The van der Waals surface area contributed by atoms with Crippen LogP contribution in [0.15, 0.2) is 65.9 Å². The highest BCUT2D eigenvalue weighted by Gasteiger charge is 2.24. The summed E-state index contributed by atoms with van der Waals surface area (Å²) in [5.41, 5.74) is 2.71. The molecule has 2 aromatic carbocycles. The van der Waals surface area contributed by atoms with E-state index in [1.165, 1.54) is 12.4 Å². The number of carbonyl (C=O) groups is 2. The number of carbonyl (C=O) groups excluding carboxylic acids is 2. The Morgan fingerprint density at radius 1 is 1.10 bits per heavy atom. The zero-order valence-corrected chi connectivity index (χ0v) is 20.8. The maximum Gasteiger partial charge on any atom is 0.280 e. The Morgan fingerprint density at radius 2 is 1.95 bits per heavy atom. The fourth-order valence-electron chi connectivity index (χ4n) is 3.99. The quantitative estimate of drug-likeness (QED) is 0.303. The van der Waals surface area contributed by atoms with Gasteiger partial charge in [0.15, 0.2) is 16.8 Å². The summed E-state index contributed by atoms with van der Waals surface area (Å²) in [5, 5.41) is 9.21. The molecule has 1 aliphatic rings. The molecule has 0 unspecified atom stereocenters. The van der Waals surface area contributed by atoms with E-state index in [1.807, 2.05) is 12.1 Å². The first-order chi connectivity index (χ1) is 18.8. The number of nitrogens with one attached hydrogen (secondary N) is 3. The van der Waals surface area contributed by atoms with Gasteiger partial charge in [0.1, 0.15) is 5.56 Å². The number of imidazole rings is 1. The maximum absolute atomic E-state index is 13.5. The van der Waals surface area contributed by atoms with Crippen molar-refractivity contribution in [2.75, 3.05) is 11.9 Å². The van der Waals surface area contributed by atoms with E-state index in [2.05, 4.69) is 25.7 Å². The van der Waals surface area contributed by atoms with Gasteiger partial charge in [-0.2, -0.15) is 5.10 Å². The molecule has 4 aromatic rings. The average molecular weight is 549 g/mol. The summed E-state index contributed by atoms with van der Waals surface area (Å²) in [7, 11) is 0. The molecule has 9 nitrogen and oxygen atoms in total. The smallest absolute Gasteiger partial charge is 0.280 e. The van der Waals surface area contributed by atoms with Crippen LogP contribution in [-0.2, 0) is 11.3 Å². The van der Waals surface area contributed by atoms with Crippen LogP contribution in [0.1, 0.15) is 32.7 Å². The Labute approximate surface area is 224 Å². The summed E-state index contributed by atoms with van der Waals surface area (Å²) in [6, 6.07) is 9.78. The highest BCUT2D eigenvalue weighted by atomic mass is 35.5. The van der Waals surface area contributed by atoms with E-state index in [0.717, 1.165) is 34.0 Å². The minimum absolute atomic E-state index is 0.0931. The van der Waals surface area contributed by atoms with Crippen LogP contribution in [0.4, 0.5) is 14.5 Å². The molecule has 5 rings (SSSR count). The number of H-pyrrole nitrogens is 1. The zero-order valence-electron chi connectivity index (χ0n) is 20.0. The second kappa shape index (κ2) is 10.8. The van der Waals surface area contributed by atoms with Crippen LogP contribution in [0.25, 0.3) is 17.7 Å². The van der Waals surface area contributed by atoms with Crippen LogP contribution in [0.5, 0.6) is 0 Å². The Hall–Kier alpha value is -4.90. The number of benzene rings is 2. The largest absolute Gasteiger partial charge is 0.348 e. The van der Waals surface area contributed by atoms with E-state index >= 15 is 0 Å². The molecule has 0 bridgehead atoms. The minimum atomic E-state index is -1.07. The minimum Gasteiger partial charge on any atom is -0.348 e. The number of rotatable bonds is 7. The normalized spacial score (nSPS) is 13.6. The molecule has 0 saturated carbocycles. The third-order valence-electron chi connectivity index (χ3n) is 5.84. The van der Waals surface area contributed by atoms with Gasteiger partial charge >= 0.3 is 0 Å². The number of hydrogen-bond donors (Lipinski definition) is 3. The van der Waals surface area contributed by atoms with Crippen molar-refractivity contribution in [2.45, 2.75) is 6.54 Å². The molecule has 3 heterocycles. The van der Waals surface area contributed by atoms with Crippen molar-refractivity contribution in [2.24, 2.45) is 0 Å². The molecule has 1 aliphatic heterocycles. The molecule has 0 aliphatic carbocycles. The number of aromatic amines is 1. The van der Waals surface area contributed by atoms with Gasteiger partial charge in [0, 0.05) is 17.8 Å². The number of aromatic nitrogens is 4. The van der Waals surface area contributed by atoms with E-state index in [9.17, 15) is 23.2 Å². The molecule has 196 valence electrons. The van der Waals surface area contributed by atoms with E-state index in [0.29, 0.717) is 17.0 Å². The lowest BCUT2D eigenvalue weighted by molar-refractivity contribution is -0.110. The highest BCUT2D eigenvalue weighted by molar-refractivity contribution is 6.34. The predicted molar refractivity (Wildman–Crippen MR) is 142 cm³/mol. The summed E-state index contributed by atoms with van der Waals surface area (Å²) in [5.74, 6) is -2.99. The zero-order chi connectivity index (χ0) is 27.5. The van der Waals surface area contributed by atoms with Crippen molar-refractivity contribution in [3.8, 4) is 0 Å². The lowest BCUT2D eigenvalue weighted by Crippen LogP contribution is -2.34. The number of hydrogen-bond acceptors (Lipinski definition) is 5. The van der Waals surface area contributed by atoms with Crippen molar-refractivity contribution in [3.63, 3.8) is 0 Å². The van der Waals surface area contributed by atoms with Gasteiger partial charge in [0.25, 0.3) is 17.4 Å². The van der Waals surface area contributed by atoms with E-state index in [1.54, 1.807) is 30.5 Å². The molecule has 0 spiro atoms. The second-order valence-corrected chi connectivity index (χ2v) is 8.92. The highest BCUT2D eigenvalue weighted by Crippen LogP contribution is 2.33. The summed E-state index contributed by atoms with van der Waals surface area (Å²) in [6.07, 6.45) is 8.30. The van der Waals surface area contributed by atoms with Crippen molar-refractivity contribution in [3.05, 3.63) is 116 Å². The van der Waals surface area contributed by atoms with Gasteiger partial charge in [-0.25, -0.2) is 18.4 Å². The van der Waals surface area contributed by atoms with Gasteiger partial charge in [0.2, 0.25) is 0 Å².